The van der Waals surface area contributed by atoms with Gasteiger partial charge in [0.25, 0.3) is 11.5 Å². The maximum atomic E-state index is 12.8. The molecule has 0 unspecified atom stereocenters. The lowest BCUT2D eigenvalue weighted by Gasteiger charge is -2.09. The molecule has 1 aliphatic rings. The number of amides is 1. The summed E-state index contributed by atoms with van der Waals surface area (Å²) in [5.74, 6) is -0.361. The van der Waals surface area contributed by atoms with Crippen LogP contribution in [-0.4, -0.2) is 37.8 Å². The lowest BCUT2D eigenvalue weighted by molar-refractivity contribution is -0.147. The van der Waals surface area contributed by atoms with Crippen LogP contribution in [0.1, 0.15) is 24.5 Å². The van der Waals surface area contributed by atoms with Crippen molar-refractivity contribution in [2.24, 2.45) is 0 Å². The molecule has 0 atom stereocenters. The van der Waals surface area contributed by atoms with E-state index in [1.165, 1.54) is 6.33 Å². The van der Waals surface area contributed by atoms with Gasteiger partial charge in [-0.1, -0.05) is 30.3 Å². The standard InChI is InChI=1S/C26H21N5O5/c32-22(28-21-12-19(16-10-11-16)29-31(21)17-6-2-1-3-7-17)14-35-23(33)13-30-15-27-24-18-8-4-5-9-20(18)36-25(24)26(30)34/h1-9,12,15-16H,10-11,13-14H2,(H,28,32). The van der Waals surface area contributed by atoms with Gasteiger partial charge in [-0.25, -0.2) is 9.67 Å². The second-order valence-corrected chi connectivity index (χ2v) is 8.64. The summed E-state index contributed by atoms with van der Waals surface area (Å²) in [6.07, 6.45) is 3.42. The Morgan fingerprint density at radius 1 is 1.08 bits per heavy atom. The van der Waals surface area contributed by atoms with Crippen LogP contribution in [0.25, 0.3) is 27.8 Å². The van der Waals surface area contributed by atoms with Crippen molar-refractivity contribution in [3.63, 3.8) is 0 Å². The summed E-state index contributed by atoms with van der Waals surface area (Å²) in [7, 11) is 0. The highest BCUT2D eigenvalue weighted by Crippen LogP contribution is 2.40. The molecule has 0 saturated heterocycles. The third-order valence-electron chi connectivity index (χ3n) is 6.01. The number of hydrogen-bond acceptors (Lipinski definition) is 7. The minimum absolute atomic E-state index is 0.0601. The van der Waals surface area contributed by atoms with Crippen molar-refractivity contribution >= 4 is 39.8 Å². The van der Waals surface area contributed by atoms with E-state index in [1.807, 2.05) is 48.5 Å². The number of aromatic nitrogens is 4. The minimum Gasteiger partial charge on any atom is -0.454 e. The Labute approximate surface area is 204 Å². The number of para-hydroxylation sites is 2. The molecule has 1 saturated carbocycles. The van der Waals surface area contributed by atoms with Gasteiger partial charge in [0.1, 0.15) is 23.5 Å². The van der Waals surface area contributed by atoms with Crippen molar-refractivity contribution in [3.05, 3.63) is 83.0 Å². The number of benzene rings is 2. The largest absolute Gasteiger partial charge is 0.454 e. The normalized spacial score (nSPS) is 13.2. The summed E-state index contributed by atoms with van der Waals surface area (Å²) in [6.45, 7) is -0.910. The lowest BCUT2D eigenvalue weighted by Crippen LogP contribution is -2.28. The number of hydrogen-bond donors (Lipinski definition) is 1. The first-order valence-electron chi connectivity index (χ1n) is 11.5. The van der Waals surface area contributed by atoms with Crippen LogP contribution in [-0.2, 0) is 20.9 Å². The molecule has 0 spiro atoms. The quantitative estimate of drug-likeness (QED) is 0.352. The third-order valence-corrected chi connectivity index (χ3v) is 6.01. The smallest absolute Gasteiger partial charge is 0.326 e. The number of fused-ring (bicyclic) bond motifs is 3. The van der Waals surface area contributed by atoms with Gasteiger partial charge in [-0.05, 0) is 37.1 Å². The van der Waals surface area contributed by atoms with Crippen LogP contribution < -0.4 is 10.9 Å². The summed E-state index contributed by atoms with van der Waals surface area (Å²) in [5, 5.41) is 8.13. The molecule has 1 N–H and O–H groups in total. The second kappa shape index (κ2) is 8.81. The summed E-state index contributed by atoms with van der Waals surface area (Å²) < 4.78 is 13.5. The molecule has 0 bridgehead atoms. The molecule has 1 aliphatic carbocycles. The molecular weight excluding hydrogens is 462 g/mol. The number of nitrogens with zero attached hydrogens (tertiary/aromatic N) is 4. The number of rotatable bonds is 7. The molecule has 10 heteroatoms. The van der Waals surface area contributed by atoms with E-state index in [1.54, 1.807) is 16.8 Å². The summed E-state index contributed by atoms with van der Waals surface area (Å²) in [4.78, 5) is 42.0. The molecule has 0 aliphatic heterocycles. The van der Waals surface area contributed by atoms with E-state index in [9.17, 15) is 14.4 Å². The molecule has 3 heterocycles. The molecule has 10 nitrogen and oxygen atoms in total. The van der Waals surface area contributed by atoms with Crippen LogP contribution in [0, 0.1) is 0 Å². The average Bonchev–Trinajstić information content (AvgIpc) is 3.55. The Kier molecular flexibility index (Phi) is 5.33. The monoisotopic (exact) mass is 483 g/mol. The second-order valence-electron chi connectivity index (χ2n) is 8.64. The maximum absolute atomic E-state index is 12.8. The zero-order chi connectivity index (χ0) is 24.6. The molecular formula is C26H21N5O5. The first-order valence-corrected chi connectivity index (χ1v) is 11.5. The third kappa shape index (κ3) is 4.13. The number of carbonyl (C=O) groups is 2. The van der Waals surface area contributed by atoms with E-state index in [2.05, 4.69) is 15.4 Å². The van der Waals surface area contributed by atoms with Crippen LogP contribution >= 0.6 is 0 Å². The summed E-state index contributed by atoms with van der Waals surface area (Å²) in [6, 6.07) is 18.5. The number of carbonyl (C=O) groups excluding carboxylic acids is 2. The van der Waals surface area contributed by atoms with Gasteiger partial charge in [-0.2, -0.15) is 5.10 Å². The van der Waals surface area contributed by atoms with Gasteiger partial charge in [0.15, 0.2) is 6.61 Å². The van der Waals surface area contributed by atoms with Crippen molar-refractivity contribution in [2.45, 2.75) is 25.3 Å². The Morgan fingerprint density at radius 2 is 1.86 bits per heavy atom. The van der Waals surface area contributed by atoms with Crippen LogP contribution in [0.3, 0.4) is 0 Å². The van der Waals surface area contributed by atoms with Crippen LogP contribution in [0.5, 0.6) is 0 Å². The molecule has 180 valence electrons. The van der Waals surface area contributed by atoms with Gasteiger partial charge < -0.3 is 14.5 Å². The predicted molar refractivity (Wildman–Crippen MR) is 131 cm³/mol. The Hall–Kier alpha value is -4.73. The fourth-order valence-electron chi connectivity index (χ4n) is 4.07. The number of ether oxygens (including phenoxy) is 1. The number of furan rings is 1. The molecule has 3 aromatic heterocycles. The molecule has 5 aromatic rings. The summed E-state index contributed by atoms with van der Waals surface area (Å²) in [5.41, 5.74) is 2.25. The van der Waals surface area contributed by atoms with Crippen molar-refractivity contribution in [2.75, 3.05) is 11.9 Å². The van der Waals surface area contributed by atoms with Crippen molar-refractivity contribution in [1.29, 1.82) is 0 Å². The average molecular weight is 483 g/mol. The molecule has 36 heavy (non-hydrogen) atoms. The first-order chi connectivity index (χ1) is 17.6. The fourth-order valence-corrected chi connectivity index (χ4v) is 4.07. The predicted octanol–water partition coefficient (Wildman–Crippen LogP) is 3.39. The Bertz CT molecular complexity index is 1660. The van der Waals surface area contributed by atoms with E-state index in [-0.39, 0.29) is 5.58 Å². The Balaban J connectivity index is 1.13. The molecule has 1 amide bonds. The van der Waals surface area contributed by atoms with Crippen LogP contribution in [0.2, 0.25) is 0 Å². The fraction of sp³-hybridized carbons (Fsp3) is 0.192. The summed E-state index contributed by atoms with van der Waals surface area (Å²) >= 11 is 0. The van der Waals surface area contributed by atoms with Gasteiger partial charge in [0.05, 0.1) is 17.7 Å². The van der Waals surface area contributed by atoms with Crippen molar-refractivity contribution in [1.82, 2.24) is 19.3 Å². The zero-order valence-electron chi connectivity index (χ0n) is 19.1. The SMILES string of the molecule is O=C(COC(=O)Cn1cnc2c(oc3ccccc32)c1=O)Nc1cc(C2CC2)nn1-c1ccccc1. The maximum Gasteiger partial charge on any atom is 0.326 e. The van der Waals surface area contributed by atoms with Gasteiger partial charge in [0, 0.05) is 17.4 Å². The van der Waals surface area contributed by atoms with Gasteiger partial charge >= 0.3 is 5.97 Å². The van der Waals surface area contributed by atoms with Crippen LogP contribution in [0.15, 0.2) is 76.2 Å². The first kappa shape index (κ1) is 21.8. The van der Waals surface area contributed by atoms with Crippen LogP contribution in [0.4, 0.5) is 5.82 Å². The molecule has 6 rings (SSSR count). The van der Waals surface area contributed by atoms with E-state index in [0.29, 0.717) is 22.8 Å². The van der Waals surface area contributed by atoms with E-state index in [0.717, 1.165) is 34.2 Å². The minimum atomic E-state index is -0.750. The van der Waals surface area contributed by atoms with E-state index < -0.39 is 30.6 Å². The lowest BCUT2D eigenvalue weighted by atomic mass is 10.2. The molecule has 0 radical (unpaired) electrons. The Morgan fingerprint density at radius 3 is 2.67 bits per heavy atom. The van der Waals surface area contributed by atoms with Gasteiger partial charge in [0.2, 0.25) is 5.58 Å². The number of nitrogens with one attached hydrogen (secondary N) is 1. The number of esters is 1. The highest BCUT2D eigenvalue weighted by molar-refractivity contribution is 6.01. The van der Waals surface area contributed by atoms with Gasteiger partial charge in [-0.3, -0.25) is 19.0 Å². The number of anilines is 1. The van der Waals surface area contributed by atoms with Gasteiger partial charge in [-0.15, -0.1) is 0 Å². The van der Waals surface area contributed by atoms with Crippen molar-refractivity contribution < 1.29 is 18.7 Å². The highest BCUT2D eigenvalue weighted by atomic mass is 16.5. The van der Waals surface area contributed by atoms with Crippen molar-refractivity contribution in [3.8, 4) is 5.69 Å². The highest BCUT2D eigenvalue weighted by Gasteiger charge is 2.28. The molecule has 1 fully saturated rings. The van der Waals surface area contributed by atoms with E-state index in [4.69, 9.17) is 9.15 Å². The zero-order valence-corrected chi connectivity index (χ0v) is 19.1. The van der Waals surface area contributed by atoms with E-state index >= 15 is 0 Å². The topological polar surface area (TPSA) is 121 Å². The molecule has 2 aromatic carbocycles.